The molecule has 4 rings (SSSR count). The fourth-order valence-electron chi connectivity index (χ4n) is 3.52. The number of non-ortho nitro benzene ring substituents is 1. The number of sulfonamides is 1. The SMILES string of the molecule is Cc1[nH]c(=O)sc1S(=O)(=O)N1CCN(c2ccc([N+](=O)[O-])c3cnccc23)CC1. The van der Waals surface area contributed by atoms with Gasteiger partial charge in [-0.25, -0.2) is 8.42 Å². The van der Waals surface area contributed by atoms with Crippen molar-refractivity contribution in [1.29, 1.82) is 0 Å². The van der Waals surface area contributed by atoms with Gasteiger partial charge in [0.1, 0.15) is 0 Å². The quantitative estimate of drug-likeness (QED) is 0.488. The Balaban J connectivity index is 1.61. The molecule has 0 saturated carbocycles. The number of aryl methyl sites for hydroxylation is 1. The lowest BCUT2D eigenvalue weighted by Crippen LogP contribution is -2.48. The zero-order chi connectivity index (χ0) is 20.8. The number of H-pyrrole nitrogens is 1. The normalized spacial score (nSPS) is 15.7. The molecule has 29 heavy (non-hydrogen) atoms. The second-order valence-electron chi connectivity index (χ2n) is 6.60. The lowest BCUT2D eigenvalue weighted by atomic mass is 10.1. The van der Waals surface area contributed by atoms with Gasteiger partial charge in [0, 0.05) is 61.4 Å². The summed E-state index contributed by atoms with van der Waals surface area (Å²) in [4.78, 5) is 30.4. The van der Waals surface area contributed by atoms with E-state index in [4.69, 9.17) is 0 Å². The average Bonchev–Trinajstić information content (AvgIpc) is 3.06. The van der Waals surface area contributed by atoms with Crippen molar-refractivity contribution in [2.45, 2.75) is 11.1 Å². The Morgan fingerprint density at radius 1 is 1.17 bits per heavy atom. The van der Waals surface area contributed by atoms with E-state index in [2.05, 4.69) is 9.97 Å². The Morgan fingerprint density at radius 3 is 2.52 bits per heavy atom. The van der Waals surface area contributed by atoms with Crippen molar-refractivity contribution in [2.24, 2.45) is 0 Å². The number of nitro benzene ring substituents is 1. The number of benzene rings is 1. The number of thiazole rings is 1. The van der Waals surface area contributed by atoms with Crippen LogP contribution in [0.2, 0.25) is 0 Å². The first kappa shape index (κ1) is 19.5. The topological polar surface area (TPSA) is 130 Å². The van der Waals surface area contributed by atoms with E-state index in [0.717, 1.165) is 5.69 Å². The van der Waals surface area contributed by atoms with Crippen LogP contribution in [0.1, 0.15) is 5.69 Å². The van der Waals surface area contributed by atoms with E-state index in [1.807, 2.05) is 4.90 Å². The van der Waals surface area contributed by atoms with E-state index in [9.17, 15) is 23.3 Å². The van der Waals surface area contributed by atoms with E-state index < -0.39 is 19.8 Å². The zero-order valence-corrected chi connectivity index (χ0v) is 17.0. The molecule has 10 nitrogen and oxygen atoms in total. The largest absolute Gasteiger partial charge is 0.368 e. The molecule has 1 aliphatic rings. The van der Waals surface area contributed by atoms with Crippen LogP contribution in [-0.4, -0.2) is 53.8 Å². The van der Waals surface area contributed by atoms with Crippen molar-refractivity contribution in [3.8, 4) is 0 Å². The summed E-state index contributed by atoms with van der Waals surface area (Å²) < 4.78 is 27.2. The fourth-order valence-corrected chi connectivity index (χ4v) is 6.38. The standard InChI is InChI=1S/C17H17N5O5S2/c1-11-16(28-17(23)19-11)29(26,27)21-8-6-20(7-9-21)14-2-3-15(22(24)25)13-10-18-5-4-12(13)14/h2-5,10H,6-9H2,1H3,(H,19,23). The highest BCUT2D eigenvalue weighted by molar-refractivity contribution is 7.91. The summed E-state index contributed by atoms with van der Waals surface area (Å²) in [6.45, 7) is 2.91. The second kappa shape index (κ2) is 7.21. The number of nitrogens with zero attached hydrogens (tertiary/aromatic N) is 4. The lowest BCUT2D eigenvalue weighted by Gasteiger charge is -2.35. The highest BCUT2D eigenvalue weighted by Crippen LogP contribution is 2.34. The van der Waals surface area contributed by atoms with Crippen molar-refractivity contribution < 1.29 is 13.3 Å². The van der Waals surface area contributed by atoms with E-state index in [0.29, 0.717) is 40.9 Å². The number of aromatic nitrogens is 2. The van der Waals surface area contributed by atoms with Gasteiger partial charge in [-0.05, 0) is 19.1 Å². The van der Waals surface area contributed by atoms with Crippen molar-refractivity contribution in [3.05, 3.63) is 56.1 Å². The van der Waals surface area contributed by atoms with Gasteiger partial charge in [-0.15, -0.1) is 0 Å². The summed E-state index contributed by atoms with van der Waals surface area (Å²) in [5.74, 6) is 0. The Kier molecular flexibility index (Phi) is 4.84. The first-order valence-corrected chi connectivity index (χ1v) is 11.0. The minimum Gasteiger partial charge on any atom is -0.368 e. The molecular formula is C17H17N5O5S2. The van der Waals surface area contributed by atoms with Gasteiger partial charge in [-0.1, -0.05) is 11.3 Å². The Hall–Kier alpha value is -2.83. The summed E-state index contributed by atoms with van der Waals surface area (Å²) in [5.41, 5.74) is 1.12. The average molecular weight is 435 g/mol. The molecule has 0 aliphatic carbocycles. The lowest BCUT2D eigenvalue weighted by molar-refractivity contribution is -0.383. The minimum atomic E-state index is -3.74. The molecule has 1 aromatic carbocycles. The van der Waals surface area contributed by atoms with Gasteiger partial charge in [0.05, 0.1) is 10.3 Å². The maximum absolute atomic E-state index is 12.9. The van der Waals surface area contributed by atoms with Crippen LogP contribution < -0.4 is 9.77 Å². The maximum atomic E-state index is 12.9. The minimum absolute atomic E-state index is 0.0177. The third-order valence-electron chi connectivity index (χ3n) is 4.90. The van der Waals surface area contributed by atoms with Gasteiger partial charge in [-0.2, -0.15) is 4.31 Å². The van der Waals surface area contributed by atoms with Gasteiger partial charge in [0.25, 0.3) is 15.7 Å². The molecule has 2 aromatic heterocycles. The summed E-state index contributed by atoms with van der Waals surface area (Å²) in [6.07, 6.45) is 3.04. The molecule has 0 radical (unpaired) electrons. The van der Waals surface area contributed by atoms with Crippen LogP contribution in [0.4, 0.5) is 11.4 Å². The van der Waals surface area contributed by atoms with Crippen LogP contribution in [0.15, 0.2) is 39.6 Å². The molecule has 0 atom stereocenters. The van der Waals surface area contributed by atoms with Gasteiger partial charge in [0.2, 0.25) is 0 Å². The van der Waals surface area contributed by atoms with Crippen LogP contribution >= 0.6 is 11.3 Å². The first-order chi connectivity index (χ1) is 13.8. The molecule has 1 N–H and O–H groups in total. The number of rotatable bonds is 4. The molecular weight excluding hydrogens is 418 g/mol. The first-order valence-electron chi connectivity index (χ1n) is 8.75. The van der Waals surface area contributed by atoms with Crippen molar-refractivity contribution in [1.82, 2.24) is 14.3 Å². The molecule has 0 amide bonds. The number of aromatic amines is 1. The van der Waals surface area contributed by atoms with Crippen LogP contribution in [0.25, 0.3) is 10.8 Å². The molecule has 0 spiro atoms. The maximum Gasteiger partial charge on any atom is 0.305 e. The van der Waals surface area contributed by atoms with Crippen LogP contribution in [0.5, 0.6) is 0 Å². The number of hydrogen-bond acceptors (Lipinski definition) is 8. The Bertz CT molecular complexity index is 1260. The Labute approximate surface area is 169 Å². The van der Waals surface area contributed by atoms with Gasteiger partial charge in [0.15, 0.2) is 4.21 Å². The molecule has 3 heterocycles. The molecule has 3 aromatic rings. The summed E-state index contributed by atoms with van der Waals surface area (Å²) >= 11 is 0.693. The second-order valence-corrected chi connectivity index (χ2v) is 9.72. The molecule has 1 saturated heterocycles. The third-order valence-corrected chi connectivity index (χ3v) is 8.38. The number of nitrogens with one attached hydrogen (secondary N) is 1. The van der Waals surface area contributed by atoms with E-state index in [1.165, 1.54) is 16.6 Å². The number of fused-ring (bicyclic) bond motifs is 1. The van der Waals surface area contributed by atoms with E-state index in [1.54, 1.807) is 25.3 Å². The molecule has 0 unspecified atom stereocenters. The smallest absolute Gasteiger partial charge is 0.305 e. The van der Waals surface area contributed by atoms with Gasteiger partial charge >= 0.3 is 4.87 Å². The Morgan fingerprint density at radius 2 is 1.90 bits per heavy atom. The van der Waals surface area contributed by atoms with Crippen molar-refractivity contribution in [2.75, 3.05) is 31.1 Å². The van der Waals surface area contributed by atoms with Gasteiger partial charge < -0.3 is 9.88 Å². The molecule has 1 aliphatic heterocycles. The number of anilines is 1. The summed E-state index contributed by atoms with van der Waals surface area (Å²) in [7, 11) is -3.74. The molecule has 0 bridgehead atoms. The van der Waals surface area contributed by atoms with Gasteiger partial charge in [-0.3, -0.25) is 19.9 Å². The van der Waals surface area contributed by atoms with Crippen molar-refractivity contribution in [3.63, 3.8) is 0 Å². The van der Waals surface area contributed by atoms with Crippen LogP contribution in [0, 0.1) is 17.0 Å². The van der Waals surface area contributed by atoms with E-state index >= 15 is 0 Å². The molecule has 1 fully saturated rings. The van der Waals surface area contributed by atoms with E-state index in [-0.39, 0.29) is 23.0 Å². The number of piperazine rings is 1. The zero-order valence-electron chi connectivity index (χ0n) is 15.4. The molecule has 152 valence electrons. The number of nitro groups is 1. The third kappa shape index (κ3) is 3.39. The number of hydrogen-bond donors (Lipinski definition) is 1. The highest BCUT2D eigenvalue weighted by atomic mass is 32.2. The summed E-state index contributed by atoms with van der Waals surface area (Å²) in [6, 6.07) is 4.86. The fraction of sp³-hybridized carbons (Fsp3) is 0.294. The van der Waals surface area contributed by atoms with Crippen LogP contribution in [-0.2, 0) is 10.0 Å². The van der Waals surface area contributed by atoms with Crippen molar-refractivity contribution >= 4 is 43.5 Å². The predicted molar refractivity (Wildman–Crippen MR) is 109 cm³/mol. The predicted octanol–water partition coefficient (Wildman–Crippen LogP) is 1.71. The molecule has 12 heteroatoms. The number of pyridine rings is 1. The van der Waals surface area contributed by atoms with Crippen LogP contribution in [0.3, 0.4) is 0 Å². The summed E-state index contributed by atoms with van der Waals surface area (Å²) in [5, 5.41) is 12.4. The monoisotopic (exact) mass is 435 g/mol. The highest BCUT2D eigenvalue weighted by Gasteiger charge is 2.32.